The van der Waals surface area contributed by atoms with E-state index in [-0.39, 0.29) is 22.4 Å². The van der Waals surface area contributed by atoms with Crippen LogP contribution in [-0.4, -0.2) is 11.0 Å². The normalized spacial score (nSPS) is 11.4. The lowest BCUT2D eigenvalue weighted by Crippen LogP contribution is -2.12. The van der Waals surface area contributed by atoms with Gasteiger partial charge in [-0.1, -0.05) is 36.2 Å². The topological polar surface area (TPSA) is 49.3 Å². The van der Waals surface area contributed by atoms with Crippen LogP contribution in [0.2, 0.25) is 10.0 Å². The number of halogens is 2. The van der Waals surface area contributed by atoms with Crippen LogP contribution in [0.15, 0.2) is 23.8 Å². The number of phenols is 1. The maximum atomic E-state index is 11.7. The molecule has 1 aromatic carbocycles. The van der Waals surface area contributed by atoms with Crippen molar-refractivity contribution in [2.24, 2.45) is 0 Å². The Kier molecular flexibility index (Phi) is 4.85. The second-order valence-corrected chi connectivity index (χ2v) is 4.38. The molecular formula is C12H13Cl2NO2. The van der Waals surface area contributed by atoms with Gasteiger partial charge in [-0.2, -0.15) is 0 Å². The number of benzene rings is 1. The maximum absolute atomic E-state index is 11.7. The number of allylic oxidation sites excluding steroid dienone is 1. The van der Waals surface area contributed by atoms with Gasteiger partial charge in [0.2, 0.25) is 0 Å². The Labute approximate surface area is 110 Å². The number of hydrogen-bond donors (Lipinski definition) is 2. The van der Waals surface area contributed by atoms with Crippen LogP contribution in [0.25, 0.3) is 0 Å². The lowest BCUT2D eigenvalue weighted by molar-refractivity contribution is -0.112. The van der Waals surface area contributed by atoms with E-state index in [0.29, 0.717) is 10.6 Å². The van der Waals surface area contributed by atoms with Gasteiger partial charge < -0.3 is 10.4 Å². The van der Waals surface area contributed by atoms with E-state index < -0.39 is 0 Å². The highest BCUT2D eigenvalue weighted by molar-refractivity contribution is 6.36. The number of phenolic OH excluding ortho intramolecular Hbond substituents is 1. The Morgan fingerprint density at radius 2 is 2.12 bits per heavy atom. The van der Waals surface area contributed by atoms with Crippen molar-refractivity contribution in [1.29, 1.82) is 0 Å². The molecule has 0 fully saturated rings. The van der Waals surface area contributed by atoms with Crippen molar-refractivity contribution in [3.8, 4) is 5.75 Å². The first-order chi connectivity index (χ1) is 7.95. The molecule has 0 spiro atoms. The summed E-state index contributed by atoms with van der Waals surface area (Å²) in [7, 11) is 0. The number of rotatable bonds is 3. The first-order valence-electron chi connectivity index (χ1n) is 5.11. The van der Waals surface area contributed by atoms with E-state index in [4.69, 9.17) is 23.2 Å². The van der Waals surface area contributed by atoms with Crippen LogP contribution in [0.1, 0.15) is 20.3 Å². The molecular weight excluding hydrogens is 261 g/mol. The summed E-state index contributed by atoms with van der Waals surface area (Å²) in [6, 6.07) is 2.85. The standard InChI is InChI=1S/C12H13Cl2NO2/c1-3-4-7(2)12(17)15-10-6-8(13)5-9(14)11(10)16/h4-6,16H,3H2,1-2H3,(H,15,17)/b7-4-. The number of amides is 1. The second kappa shape index (κ2) is 5.94. The summed E-state index contributed by atoms with van der Waals surface area (Å²) in [6.45, 7) is 3.63. The molecule has 0 unspecified atom stereocenters. The molecule has 92 valence electrons. The summed E-state index contributed by atoms with van der Waals surface area (Å²) in [5, 5.41) is 12.7. The molecule has 2 N–H and O–H groups in total. The molecule has 1 amide bonds. The number of aromatic hydroxyl groups is 1. The van der Waals surface area contributed by atoms with Gasteiger partial charge in [-0.3, -0.25) is 4.79 Å². The molecule has 3 nitrogen and oxygen atoms in total. The van der Waals surface area contributed by atoms with Gasteiger partial charge in [0.25, 0.3) is 5.91 Å². The minimum absolute atomic E-state index is 0.102. The maximum Gasteiger partial charge on any atom is 0.251 e. The number of carbonyl (C=O) groups is 1. The van der Waals surface area contributed by atoms with Gasteiger partial charge in [0, 0.05) is 10.6 Å². The van der Waals surface area contributed by atoms with Crippen molar-refractivity contribution < 1.29 is 9.90 Å². The van der Waals surface area contributed by atoms with E-state index in [1.165, 1.54) is 12.1 Å². The average Bonchev–Trinajstić information content (AvgIpc) is 2.25. The highest BCUT2D eigenvalue weighted by atomic mass is 35.5. The van der Waals surface area contributed by atoms with Gasteiger partial charge in [-0.15, -0.1) is 0 Å². The molecule has 1 aromatic rings. The van der Waals surface area contributed by atoms with Crippen molar-refractivity contribution in [3.63, 3.8) is 0 Å². The zero-order valence-corrected chi connectivity index (χ0v) is 11.1. The van der Waals surface area contributed by atoms with E-state index in [1.807, 2.05) is 6.92 Å². The van der Waals surface area contributed by atoms with Gasteiger partial charge in [-0.25, -0.2) is 0 Å². The van der Waals surface area contributed by atoms with Gasteiger partial charge in [-0.05, 0) is 25.5 Å². The number of carbonyl (C=O) groups excluding carboxylic acids is 1. The van der Waals surface area contributed by atoms with E-state index in [1.54, 1.807) is 13.0 Å². The molecule has 0 atom stereocenters. The lowest BCUT2D eigenvalue weighted by atomic mass is 10.2. The highest BCUT2D eigenvalue weighted by Gasteiger charge is 2.11. The van der Waals surface area contributed by atoms with Crippen LogP contribution < -0.4 is 5.32 Å². The fraction of sp³-hybridized carbons (Fsp3) is 0.250. The Hall–Kier alpha value is -1.19. The fourth-order valence-corrected chi connectivity index (χ4v) is 1.77. The lowest BCUT2D eigenvalue weighted by Gasteiger charge is -2.09. The predicted molar refractivity (Wildman–Crippen MR) is 70.8 cm³/mol. The molecule has 17 heavy (non-hydrogen) atoms. The number of anilines is 1. The molecule has 0 aliphatic heterocycles. The van der Waals surface area contributed by atoms with Crippen molar-refractivity contribution in [2.75, 3.05) is 5.32 Å². The van der Waals surface area contributed by atoms with Crippen LogP contribution in [0.3, 0.4) is 0 Å². The fourth-order valence-electron chi connectivity index (χ4n) is 1.28. The molecule has 0 bridgehead atoms. The van der Waals surface area contributed by atoms with Crippen molar-refractivity contribution >= 4 is 34.8 Å². The monoisotopic (exact) mass is 273 g/mol. The highest BCUT2D eigenvalue weighted by Crippen LogP contribution is 2.35. The average molecular weight is 274 g/mol. The summed E-state index contributed by atoms with van der Waals surface area (Å²) in [5.74, 6) is -0.478. The number of nitrogens with one attached hydrogen (secondary N) is 1. The number of hydrogen-bond acceptors (Lipinski definition) is 2. The van der Waals surface area contributed by atoms with Gasteiger partial charge in [0.15, 0.2) is 5.75 Å². The quantitative estimate of drug-likeness (QED) is 0.646. The van der Waals surface area contributed by atoms with Crippen LogP contribution in [-0.2, 0) is 4.79 Å². The first-order valence-corrected chi connectivity index (χ1v) is 5.87. The van der Waals surface area contributed by atoms with Gasteiger partial charge in [0.1, 0.15) is 0 Å². The first kappa shape index (κ1) is 13.9. The third-order valence-electron chi connectivity index (χ3n) is 2.14. The summed E-state index contributed by atoms with van der Waals surface area (Å²) < 4.78 is 0. The van der Waals surface area contributed by atoms with Crippen LogP contribution in [0.4, 0.5) is 5.69 Å². The minimum atomic E-state index is -0.291. The van der Waals surface area contributed by atoms with Crippen molar-refractivity contribution in [2.45, 2.75) is 20.3 Å². The zero-order valence-electron chi connectivity index (χ0n) is 9.55. The second-order valence-electron chi connectivity index (χ2n) is 3.53. The molecule has 1 rings (SSSR count). The molecule has 0 saturated heterocycles. The van der Waals surface area contributed by atoms with Crippen LogP contribution >= 0.6 is 23.2 Å². The van der Waals surface area contributed by atoms with Crippen molar-refractivity contribution in [1.82, 2.24) is 0 Å². The summed E-state index contributed by atoms with van der Waals surface area (Å²) in [5.41, 5.74) is 0.777. The van der Waals surface area contributed by atoms with E-state index in [9.17, 15) is 9.90 Å². The summed E-state index contributed by atoms with van der Waals surface area (Å²) in [6.07, 6.45) is 2.56. The van der Waals surface area contributed by atoms with Crippen molar-refractivity contribution in [3.05, 3.63) is 33.8 Å². The molecule has 0 heterocycles. The van der Waals surface area contributed by atoms with E-state index in [2.05, 4.69) is 5.32 Å². The Morgan fingerprint density at radius 3 is 2.71 bits per heavy atom. The molecule has 5 heteroatoms. The smallest absolute Gasteiger partial charge is 0.251 e. The molecule has 0 saturated carbocycles. The minimum Gasteiger partial charge on any atom is -0.504 e. The summed E-state index contributed by atoms with van der Waals surface area (Å²) >= 11 is 11.5. The van der Waals surface area contributed by atoms with E-state index in [0.717, 1.165) is 6.42 Å². The molecule has 0 aromatic heterocycles. The third kappa shape index (κ3) is 3.65. The predicted octanol–water partition coefficient (Wildman–Crippen LogP) is 3.99. The largest absolute Gasteiger partial charge is 0.504 e. The zero-order chi connectivity index (χ0) is 13.0. The van der Waals surface area contributed by atoms with Crippen LogP contribution in [0, 0.1) is 0 Å². The third-order valence-corrected chi connectivity index (χ3v) is 2.65. The molecule has 0 aliphatic carbocycles. The van der Waals surface area contributed by atoms with E-state index >= 15 is 0 Å². The van der Waals surface area contributed by atoms with Gasteiger partial charge >= 0.3 is 0 Å². The van der Waals surface area contributed by atoms with Crippen LogP contribution in [0.5, 0.6) is 5.75 Å². The Bertz CT molecular complexity index is 470. The Balaban J connectivity index is 2.96. The molecule has 0 aliphatic rings. The molecule has 0 radical (unpaired) electrons. The SMILES string of the molecule is CC/C=C(/C)C(=O)Nc1cc(Cl)cc(Cl)c1O. The van der Waals surface area contributed by atoms with Gasteiger partial charge in [0.05, 0.1) is 10.7 Å². The Morgan fingerprint density at radius 1 is 1.47 bits per heavy atom. The summed E-state index contributed by atoms with van der Waals surface area (Å²) in [4.78, 5) is 11.7.